The predicted octanol–water partition coefficient (Wildman–Crippen LogP) is 1.38. The molecule has 0 spiro atoms. The highest BCUT2D eigenvalue weighted by atomic mass is 16.5. The molecule has 0 atom stereocenters. The van der Waals surface area contributed by atoms with Gasteiger partial charge in [0.1, 0.15) is 0 Å². The first-order chi connectivity index (χ1) is 7.76. The summed E-state index contributed by atoms with van der Waals surface area (Å²) in [5.41, 5.74) is 1.71. The molecule has 1 aliphatic heterocycles. The van der Waals surface area contributed by atoms with E-state index >= 15 is 0 Å². The third-order valence-electron chi connectivity index (χ3n) is 2.61. The Morgan fingerprint density at radius 2 is 2.19 bits per heavy atom. The molecule has 0 aliphatic carbocycles. The number of ether oxygens (including phenoxy) is 2. The van der Waals surface area contributed by atoms with Gasteiger partial charge in [-0.05, 0) is 31.0 Å². The van der Waals surface area contributed by atoms with Gasteiger partial charge in [0.15, 0.2) is 11.5 Å². The van der Waals surface area contributed by atoms with Gasteiger partial charge in [0.2, 0.25) is 0 Å². The molecule has 4 heteroatoms. The zero-order valence-corrected chi connectivity index (χ0v) is 9.50. The van der Waals surface area contributed by atoms with E-state index in [1.165, 1.54) is 0 Å². The van der Waals surface area contributed by atoms with Crippen LogP contribution < -0.4 is 14.8 Å². The Morgan fingerprint density at radius 3 is 2.88 bits per heavy atom. The number of hydrogen-bond acceptors (Lipinski definition) is 3. The molecule has 1 aliphatic rings. The van der Waals surface area contributed by atoms with Crippen LogP contribution in [0.5, 0.6) is 11.5 Å². The molecule has 0 fully saturated rings. The lowest BCUT2D eigenvalue weighted by Gasteiger charge is -2.19. The standard InChI is InChI=1S/C12H15NO3/c1-3-16-11-7-9-8(6-10(11)15-2)4-5-13-12(9)14/h6-7H,3-5H2,1-2H3,(H,13,14). The van der Waals surface area contributed by atoms with E-state index in [9.17, 15) is 4.79 Å². The predicted molar refractivity (Wildman–Crippen MR) is 60.2 cm³/mol. The Bertz CT molecular complexity index is 415. The average molecular weight is 221 g/mol. The summed E-state index contributed by atoms with van der Waals surface area (Å²) in [5.74, 6) is 1.28. The first-order valence-corrected chi connectivity index (χ1v) is 5.38. The maximum absolute atomic E-state index is 11.6. The minimum absolute atomic E-state index is 0.0372. The highest BCUT2D eigenvalue weighted by Gasteiger charge is 2.20. The number of carbonyl (C=O) groups is 1. The SMILES string of the molecule is CCOc1cc2c(cc1OC)CCNC2=O. The van der Waals surface area contributed by atoms with Crippen molar-refractivity contribution in [2.75, 3.05) is 20.3 Å². The summed E-state index contributed by atoms with van der Waals surface area (Å²) >= 11 is 0. The fourth-order valence-corrected chi connectivity index (χ4v) is 1.85. The van der Waals surface area contributed by atoms with Crippen LogP contribution in [0.1, 0.15) is 22.8 Å². The Hall–Kier alpha value is -1.71. The Labute approximate surface area is 94.6 Å². The molecule has 1 N–H and O–H groups in total. The van der Waals surface area contributed by atoms with E-state index < -0.39 is 0 Å². The van der Waals surface area contributed by atoms with Crippen LogP contribution >= 0.6 is 0 Å². The normalized spacial score (nSPS) is 14.0. The minimum Gasteiger partial charge on any atom is -0.493 e. The van der Waals surface area contributed by atoms with Crippen molar-refractivity contribution in [1.82, 2.24) is 5.32 Å². The largest absolute Gasteiger partial charge is 0.493 e. The second-order valence-electron chi connectivity index (χ2n) is 3.60. The smallest absolute Gasteiger partial charge is 0.251 e. The molecule has 4 nitrogen and oxygen atoms in total. The third-order valence-corrected chi connectivity index (χ3v) is 2.61. The summed E-state index contributed by atoms with van der Waals surface area (Å²) in [4.78, 5) is 11.6. The van der Waals surface area contributed by atoms with Crippen LogP contribution in [0.15, 0.2) is 12.1 Å². The van der Waals surface area contributed by atoms with Gasteiger partial charge in [-0.25, -0.2) is 0 Å². The number of rotatable bonds is 3. The van der Waals surface area contributed by atoms with E-state index in [0.29, 0.717) is 30.2 Å². The highest BCUT2D eigenvalue weighted by Crippen LogP contribution is 2.32. The van der Waals surface area contributed by atoms with Crippen molar-refractivity contribution < 1.29 is 14.3 Å². The number of benzene rings is 1. The van der Waals surface area contributed by atoms with Crippen LogP contribution in [0.4, 0.5) is 0 Å². The second kappa shape index (κ2) is 4.43. The fraction of sp³-hybridized carbons (Fsp3) is 0.417. The number of methoxy groups -OCH3 is 1. The number of hydrogen-bond donors (Lipinski definition) is 1. The number of amides is 1. The van der Waals surface area contributed by atoms with E-state index in [-0.39, 0.29) is 5.91 Å². The maximum atomic E-state index is 11.6. The number of nitrogens with one attached hydrogen (secondary N) is 1. The second-order valence-corrected chi connectivity index (χ2v) is 3.60. The lowest BCUT2D eigenvalue weighted by molar-refractivity contribution is 0.0945. The lowest BCUT2D eigenvalue weighted by Crippen LogP contribution is -2.31. The van der Waals surface area contributed by atoms with Gasteiger partial charge >= 0.3 is 0 Å². The Kier molecular flexibility index (Phi) is 2.99. The van der Waals surface area contributed by atoms with Crippen LogP contribution in [0.2, 0.25) is 0 Å². The van der Waals surface area contributed by atoms with E-state index in [2.05, 4.69) is 5.32 Å². The van der Waals surface area contributed by atoms with Gasteiger partial charge < -0.3 is 14.8 Å². The molecule has 0 radical (unpaired) electrons. The number of carbonyl (C=O) groups excluding carboxylic acids is 1. The summed E-state index contributed by atoms with van der Waals surface area (Å²) in [7, 11) is 1.60. The van der Waals surface area contributed by atoms with Gasteiger partial charge in [0, 0.05) is 12.1 Å². The quantitative estimate of drug-likeness (QED) is 0.838. The monoisotopic (exact) mass is 221 g/mol. The summed E-state index contributed by atoms with van der Waals surface area (Å²) in [6.07, 6.45) is 0.837. The van der Waals surface area contributed by atoms with Gasteiger partial charge in [-0.3, -0.25) is 4.79 Å². The first-order valence-electron chi connectivity index (χ1n) is 5.38. The van der Waals surface area contributed by atoms with Crippen molar-refractivity contribution in [3.05, 3.63) is 23.3 Å². The van der Waals surface area contributed by atoms with E-state index in [1.54, 1.807) is 13.2 Å². The number of fused-ring (bicyclic) bond motifs is 1. The van der Waals surface area contributed by atoms with E-state index in [1.807, 2.05) is 13.0 Å². The Morgan fingerprint density at radius 1 is 1.38 bits per heavy atom. The summed E-state index contributed by atoms with van der Waals surface area (Å²) < 4.78 is 10.7. The van der Waals surface area contributed by atoms with Crippen molar-refractivity contribution >= 4 is 5.91 Å². The van der Waals surface area contributed by atoms with Crippen LogP contribution in [0.25, 0.3) is 0 Å². The van der Waals surface area contributed by atoms with Crippen molar-refractivity contribution in [1.29, 1.82) is 0 Å². The molecule has 0 bridgehead atoms. The molecule has 1 aromatic rings. The molecular weight excluding hydrogens is 206 g/mol. The average Bonchev–Trinajstić information content (AvgIpc) is 2.30. The van der Waals surface area contributed by atoms with Gasteiger partial charge in [-0.2, -0.15) is 0 Å². The molecule has 0 saturated heterocycles. The van der Waals surface area contributed by atoms with Crippen LogP contribution in [0, 0.1) is 0 Å². The van der Waals surface area contributed by atoms with Gasteiger partial charge in [-0.1, -0.05) is 0 Å². The van der Waals surface area contributed by atoms with Crippen molar-refractivity contribution in [2.24, 2.45) is 0 Å². The zero-order valence-electron chi connectivity index (χ0n) is 9.50. The summed E-state index contributed by atoms with van der Waals surface area (Å²) in [6.45, 7) is 3.14. The first kappa shape index (κ1) is 10.8. The Balaban J connectivity index is 2.46. The van der Waals surface area contributed by atoms with Crippen molar-refractivity contribution in [3.8, 4) is 11.5 Å². The topological polar surface area (TPSA) is 47.6 Å². The molecule has 0 aromatic heterocycles. The summed E-state index contributed by atoms with van der Waals surface area (Å²) in [6, 6.07) is 3.64. The highest BCUT2D eigenvalue weighted by molar-refractivity contribution is 5.97. The molecule has 86 valence electrons. The van der Waals surface area contributed by atoms with Gasteiger partial charge in [-0.15, -0.1) is 0 Å². The molecule has 0 saturated carbocycles. The van der Waals surface area contributed by atoms with Crippen LogP contribution in [0.3, 0.4) is 0 Å². The van der Waals surface area contributed by atoms with Crippen LogP contribution in [-0.2, 0) is 6.42 Å². The lowest BCUT2D eigenvalue weighted by atomic mass is 9.99. The van der Waals surface area contributed by atoms with Crippen LogP contribution in [-0.4, -0.2) is 26.2 Å². The summed E-state index contributed by atoms with van der Waals surface area (Å²) in [5, 5.41) is 2.81. The van der Waals surface area contributed by atoms with Gasteiger partial charge in [0.25, 0.3) is 5.91 Å². The third kappa shape index (κ3) is 1.83. The molecule has 1 amide bonds. The van der Waals surface area contributed by atoms with E-state index in [4.69, 9.17) is 9.47 Å². The van der Waals surface area contributed by atoms with Crippen molar-refractivity contribution in [3.63, 3.8) is 0 Å². The minimum atomic E-state index is -0.0372. The van der Waals surface area contributed by atoms with Gasteiger partial charge in [0.05, 0.1) is 13.7 Å². The van der Waals surface area contributed by atoms with Crippen molar-refractivity contribution in [2.45, 2.75) is 13.3 Å². The van der Waals surface area contributed by atoms with E-state index in [0.717, 1.165) is 12.0 Å². The molecule has 1 aromatic carbocycles. The maximum Gasteiger partial charge on any atom is 0.251 e. The molecular formula is C12H15NO3. The molecule has 0 unspecified atom stereocenters. The molecule has 1 heterocycles. The molecule has 16 heavy (non-hydrogen) atoms. The fourth-order valence-electron chi connectivity index (χ4n) is 1.85. The zero-order chi connectivity index (χ0) is 11.5. The molecule has 2 rings (SSSR count).